The average molecular weight is 282 g/mol. The maximum absolute atomic E-state index is 11.2. The Morgan fingerprint density at radius 1 is 1.10 bits per heavy atom. The Morgan fingerprint density at radius 2 is 1.65 bits per heavy atom. The molecule has 1 saturated carbocycles. The van der Waals surface area contributed by atoms with Gasteiger partial charge in [-0.3, -0.25) is 9.59 Å². The number of esters is 2. The van der Waals surface area contributed by atoms with Gasteiger partial charge in [0.15, 0.2) is 0 Å². The normalized spacial score (nSPS) is 17.1. The van der Waals surface area contributed by atoms with Gasteiger partial charge in [-0.15, -0.1) is 0 Å². The molecule has 0 N–H and O–H groups in total. The number of carbonyl (C=O) groups is 2. The molecule has 0 aromatic rings. The number of rotatable bonds is 6. The minimum Gasteiger partial charge on any atom is -0.421 e. The van der Waals surface area contributed by atoms with Crippen LogP contribution in [-0.2, 0) is 19.1 Å². The average Bonchev–Trinajstić information content (AvgIpc) is 2.37. The van der Waals surface area contributed by atoms with Gasteiger partial charge in [-0.1, -0.05) is 38.7 Å². The Bertz CT molecular complexity index is 337. The molecule has 0 amide bonds. The zero-order valence-electron chi connectivity index (χ0n) is 12.8. The Labute approximate surface area is 121 Å². The van der Waals surface area contributed by atoms with Gasteiger partial charge in [-0.2, -0.15) is 0 Å². The third-order valence-electron chi connectivity index (χ3n) is 3.49. The Kier molecular flexibility index (Phi) is 7.34. The second-order valence-corrected chi connectivity index (χ2v) is 5.44. The van der Waals surface area contributed by atoms with Crippen LogP contribution in [0.4, 0.5) is 0 Å². The molecule has 0 unspecified atom stereocenters. The number of hydrogen-bond acceptors (Lipinski definition) is 4. The first-order valence-corrected chi connectivity index (χ1v) is 7.58. The molecule has 20 heavy (non-hydrogen) atoms. The van der Waals surface area contributed by atoms with Crippen LogP contribution in [0.25, 0.3) is 0 Å². The highest BCUT2D eigenvalue weighted by molar-refractivity contribution is 5.68. The second kappa shape index (κ2) is 8.77. The van der Waals surface area contributed by atoms with Crippen molar-refractivity contribution >= 4 is 11.9 Å². The fourth-order valence-corrected chi connectivity index (χ4v) is 2.65. The van der Waals surface area contributed by atoms with Gasteiger partial charge in [0.2, 0.25) is 0 Å². The number of ether oxygens (including phenoxy) is 2. The van der Waals surface area contributed by atoms with E-state index >= 15 is 0 Å². The summed E-state index contributed by atoms with van der Waals surface area (Å²) in [7, 11) is 0. The van der Waals surface area contributed by atoms with E-state index < -0.39 is 18.2 Å². The highest BCUT2D eigenvalue weighted by atomic mass is 16.7. The summed E-state index contributed by atoms with van der Waals surface area (Å²) in [6, 6.07) is 0. The highest BCUT2D eigenvalue weighted by Gasteiger charge is 2.22. The summed E-state index contributed by atoms with van der Waals surface area (Å²) >= 11 is 0. The zero-order chi connectivity index (χ0) is 15.0. The molecule has 0 heterocycles. The van der Waals surface area contributed by atoms with Crippen molar-refractivity contribution in [2.24, 2.45) is 5.92 Å². The first-order valence-electron chi connectivity index (χ1n) is 7.58. The van der Waals surface area contributed by atoms with Crippen molar-refractivity contribution in [3.05, 3.63) is 11.6 Å². The minimum absolute atomic E-state index is 0.429. The third-order valence-corrected chi connectivity index (χ3v) is 3.49. The van der Waals surface area contributed by atoms with Crippen molar-refractivity contribution in [3.63, 3.8) is 0 Å². The highest BCUT2D eigenvalue weighted by Crippen LogP contribution is 2.28. The van der Waals surface area contributed by atoms with E-state index in [1.807, 2.05) is 0 Å². The molecule has 1 aliphatic rings. The van der Waals surface area contributed by atoms with Gasteiger partial charge in [-0.25, -0.2) is 0 Å². The number of carbonyl (C=O) groups excluding carboxylic acids is 2. The molecule has 0 bridgehead atoms. The molecule has 0 atom stereocenters. The largest absolute Gasteiger partial charge is 0.421 e. The summed E-state index contributed by atoms with van der Waals surface area (Å²) in [5.41, 5.74) is 0.921. The van der Waals surface area contributed by atoms with Gasteiger partial charge in [-0.05, 0) is 25.2 Å². The van der Waals surface area contributed by atoms with Crippen LogP contribution in [0.5, 0.6) is 0 Å². The van der Waals surface area contributed by atoms with Crippen molar-refractivity contribution in [2.75, 3.05) is 0 Å². The van der Waals surface area contributed by atoms with E-state index in [-0.39, 0.29) is 0 Å². The lowest BCUT2D eigenvalue weighted by Crippen LogP contribution is -2.25. The van der Waals surface area contributed by atoms with Crippen LogP contribution in [0.3, 0.4) is 0 Å². The third kappa shape index (κ3) is 6.22. The molecule has 0 aromatic carbocycles. The van der Waals surface area contributed by atoms with Crippen LogP contribution in [0.1, 0.15) is 65.7 Å². The van der Waals surface area contributed by atoms with Gasteiger partial charge < -0.3 is 9.47 Å². The van der Waals surface area contributed by atoms with E-state index in [9.17, 15) is 9.59 Å². The van der Waals surface area contributed by atoms with Crippen LogP contribution in [-0.4, -0.2) is 18.2 Å². The van der Waals surface area contributed by atoms with Gasteiger partial charge in [0.25, 0.3) is 6.29 Å². The number of hydrogen-bond donors (Lipinski definition) is 0. The van der Waals surface area contributed by atoms with E-state index in [4.69, 9.17) is 9.47 Å². The summed E-state index contributed by atoms with van der Waals surface area (Å²) in [5.74, 6) is -0.345. The molecule has 0 saturated heterocycles. The molecule has 4 nitrogen and oxygen atoms in total. The minimum atomic E-state index is -0.855. The predicted molar refractivity (Wildman–Crippen MR) is 76.9 cm³/mol. The lowest BCUT2D eigenvalue weighted by Gasteiger charge is -2.24. The van der Waals surface area contributed by atoms with Crippen molar-refractivity contribution in [3.8, 4) is 0 Å². The van der Waals surface area contributed by atoms with E-state index in [0.29, 0.717) is 5.92 Å². The summed E-state index contributed by atoms with van der Waals surface area (Å²) in [5, 5.41) is 0. The SMILES string of the molecule is CCC/C(=C\C1CCCCC1)C(OC(C)=O)OC(C)=O. The van der Waals surface area contributed by atoms with Crippen molar-refractivity contribution < 1.29 is 19.1 Å². The molecule has 0 spiro atoms. The van der Waals surface area contributed by atoms with Gasteiger partial charge in [0.05, 0.1) is 0 Å². The quantitative estimate of drug-likeness (QED) is 0.423. The zero-order valence-corrected chi connectivity index (χ0v) is 12.8. The molecule has 4 heteroatoms. The summed E-state index contributed by atoms with van der Waals surface area (Å²) in [6.45, 7) is 4.73. The first-order chi connectivity index (χ1) is 9.52. The Balaban J connectivity index is 2.83. The van der Waals surface area contributed by atoms with Crippen LogP contribution in [0, 0.1) is 5.92 Å². The van der Waals surface area contributed by atoms with Crippen molar-refractivity contribution in [1.29, 1.82) is 0 Å². The smallest absolute Gasteiger partial charge is 0.305 e. The monoisotopic (exact) mass is 282 g/mol. The fraction of sp³-hybridized carbons (Fsp3) is 0.750. The van der Waals surface area contributed by atoms with Crippen LogP contribution in [0.2, 0.25) is 0 Å². The molecular weight excluding hydrogens is 256 g/mol. The molecule has 1 rings (SSSR count). The predicted octanol–water partition coefficient (Wildman–Crippen LogP) is 3.75. The Hall–Kier alpha value is -1.32. The maximum atomic E-state index is 11.2. The van der Waals surface area contributed by atoms with Gasteiger partial charge in [0, 0.05) is 19.4 Å². The second-order valence-electron chi connectivity index (χ2n) is 5.44. The van der Waals surface area contributed by atoms with Crippen LogP contribution < -0.4 is 0 Å². The van der Waals surface area contributed by atoms with E-state index in [2.05, 4.69) is 13.0 Å². The van der Waals surface area contributed by atoms with Gasteiger partial charge in [0.1, 0.15) is 0 Å². The molecular formula is C16H26O4. The standard InChI is InChI=1S/C16H26O4/c1-4-8-15(11-14-9-6-5-7-10-14)16(19-12(2)17)20-13(3)18/h11,14,16H,4-10H2,1-3H3/b15-11+. The van der Waals surface area contributed by atoms with E-state index in [0.717, 1.165) is 18.4 Å². The molecule has 114 valence electrons. The molecule has 0 aromatic heterocycles. The lowest BCUT2D eigenvalue weighted by atomic mass is 9.87. The first kappa shape index (κ1) is 16.7. The van der Waals surface area contributed by atoms with Gasteiger partial charge >= 0.3 is 11.9 Å². The van der Waals surface area contributed by atoms with Crippen molar-refractivity contribution in [1.82, 2.24) is 0 Å². The maximum Gasteiger partial charge on any atom is 0.305 e. The van der Waals surface area contributed by atoms with E-state index in [1.165, 1.54) is 46.0 Å². The molecule has 1 fully saturated rings. The van der Waals surface area contributed by atoms with E-state index in [1.54, 1.807) is 0 Å². The van der Waals surface area contributed by atoms with Crippen LogP contribution >= 0.6 is 0 Å². The van der Waals surface area contributed by atoms with Crippen LogP contribution in [0.15, 0.2) is 11.6 Å². The molecule has 1 aliphatic carbocycles. The molecule has 0 aliphatic heterocycles. The fourth-order valence-electron chi connectivity index (χ4n) is 2.65. The summed E-state index contributed by atoms with van der Waals surface area (Å²) in [4.78, 5) is 22.4. The topological polar surface area (TPSA) is 52.6 Å². The summed E-state index contributed by atoms with van der Waals surface area (Å²) in [6.07, 6.45) is 9.13. The lowest BCUT2D eigenvalue weighted by molar-refractivity contribution is -0.178. The number of allylic oxidation sites excluding steroid dienone is 1. The molecule has 0 radical (unpaired) electrons. The summed E-state index contributed by atoms with van der Waals surface area (Å²) < 4.78 is 10.3. The Morgan fingerprint density at radius 3 is 2.10 bits per heavy atom. The van der Waals surface area contributed by atoms with Crippen molar-refractivity contribution in [2.45, 2.75) is 72.0 Å².